The lowest BCUT2D eigenvalue weighted by molar-refractivity contribution is 0.826. The fourth-order valence-corrected chi connectivity index (χ4v) is 1.82. The second-order valence-electron chi connectivity index (χ2n) is 3.65. The minimum Gasteiger partial charge on any atom is -0.324 e. The van der Waals surface area contributed by atoms with Crippen molar-refractivity contribution in [3.63, 3.8) is 0 Å². The van der Waals surface area contributed by atoms with E-state index in [1.54, 1.807) is 0 Å². The van der Waals surface area contributed by atoms with Crippen LogP contribution in [0.2, 0.25) is 0 Å². The molecule has 0 aliphatic carbocycles. The standard InChI is InChI=1S/C13H12N2/c1-9(15)11-7-6-10(8-14)12-4-2-3-5-13(11)12/h2-7,9H,15H2,1H3. The van der Waals surface area contributed by atoms with Gasteiger partial charge in [-0.2, -0.15) is 5.26 Å². The number of nitrogens with two attached hydrogens (primary N) is 1. The van der Waals surface area contributed by atoms with Crippen molar-refractivity contribution in [3.05, 3.63) is 47.5 Å². The van der Waals surface area contributed by atoms with E-state index in [0.29, 0.717) is 5.56 Å². The average molecular weight is 196 g/mol. The number of hydrogen-bond donors (Lipinski definition) is 1. The molecule has 74 valence electrons. The Balaban J connectivity index is 2.85. The van der Waals surface area contributed by atoms with Gasteiger partial charge in [-0.25, -0.2) is 0 Å². The van der Waals surface area contributed by atoms with E-state index in [2.05, 4.69) is 6.07 Å². The smallest absolute Gasteiger partial charge is 0.0998 e. The molecule has 2 aromatic rings. The van der Waals surface area contributed by atoms with Crippen LogP contribution in [0.4, 0.5) is 0 Å². The average Bonchev–Trinajstić information content (AvgIpc) is 2.27. The molecule has 2 heteroatoms. The largest absolute Gasteiger partial charge is 0.324 e. The maximum Gasteiger partial charge on any atom is 0.0998 e. The van der Waals surface area contributed by atoms with Crippen molar-refractivity contribution in [2.24, 2.45) is 5.73 Å². The molecule has 1 atom stereocenters. The predicted molar refractivity (Wildman–Crippen MR) is 61.3 cm³/mol. The Bertz CT molecular complexity index is 536. The minimum atomic E-state index is -0.0114. The maximum absolute atomic E-state index is 8.98. The summed E-state index contributed by atoms with van der Waals surface area (Å²) in [5.41, 5.74) is 7.68. The van der Waals surface area contributed by atoms with Crippen molar-refractivity contribution in [2.75, 3.05) is 0 Å². The van der Waals surface area contributed by atoms with Crippen LogP contribution in [0.1, 0.15) is 24.1 Å². The van der Waals surface area contributed by atoms with Crippen LogP contribution in [0.15, 0.2) is 36.4 Å². The molecule has 0 saturated carbocycles. The summed E-state index contributed by atoms with van der Waals surface area (Å²) in [5, 5.41) is 11.0. The summed E-state index contributed by atoms with van der Waals surface area (Å²) >= 11 is 0. The van der Waals surface area contributed by atoms with Gasteiger partial charge in [0.25, 0.3) is 0 Å². The molecule has 2 nitrogen and oxygen atoms in total. The van der Waals surface area contributed by atoms with Gasteiger partial charge < -0.3 is 5.73 Å². The van der Waals surface area contributed by atoms with E-state index in [0.717, 1.165) is 16.3 Å². The van der Waals surface area contributed by atoms with Crippen LogP contribution in [0.5, 0.6) is 0 Å². The lowest BCUT2D eigenvalue weighted by atomic mass is 9.97. The zero-order chi connectivity index (χ0) is 10.8. The van der Waals surface area contributed by atoms with Crippen molar-refractivity contribution in [3.8, 4) is 6.07 Å². The molecule has 0 amide bonds. The van der Waals surface area contributed by atoms with Gasteiger partial charge in [0, 0.05) is 6.04 Å². The van der Waals surface area contributed by atoms with E-state index in [1.807, 2.05) is 43.3 Å². The van der Waals surface area contributed by atoms with Crippen LogP contribution in [-0.2, 0) is 0 Å². The van der Waals surface area contributed by atoms with Crippen molar-refractivity contribution in [1.29, 1.82) is 5.26 Å². The van der Waals surface area contributed by atoms with Gasteiger partial charge in [0.15, 0.2) is 0 Å². The highest BCUT2D eigenvalue weighted by atomic mass is 14.6. The van der Waals surface area contributed by atoms with E-state index in [9.17, 15) is 0 Å². The molecule has 0 aliphatic rings. The first-order chi connectivity index (χ1) is 7.24. The van der Waals surface area contributed by atoms with Crippen LogP contribution in [0.3, 0.4) is 0 Å². The summed E-state index contributed by atoms with van der Waals surface area (Å²) in [7, 11) is 0. The molecule has 2 N–H and O–H groups in total. The molecule has 15 heavy (non-hydrogen) atoms. The van der Waals surface area contributed by atoms with Crippen molar-refractivity contribution >= 4 is 10.8 Å². The summed E-state index contributed by atoms with van der Waals surface area (Å²) in [4.78, 5) is 0. The molecule has 0 fully saturated rings. The second kappa shape index (κ2) is 3.72. The Hall–Kier alpha value is -1.85. The number of nitrogens with zero attached hydrogens (tertiary/aromatic N) is 1. The van der Waals surface area contributed by atoms with Gasteiger partial charge in [-0.3, -0.25) is 0 Å². The highest BCUT2D eigenvalue weighted by Gasteiger charge is 2.07. The zero-order valence-electron chi connectivity index (χ0n) is 8.57. The SMILES string of the molecule is CC(N)c1ccc(C#N)c2ccccc12. The number of nitriles is 1. The molecule has 2 rings (SSSR count). The zero-order valence-corrected chi connectivity index (χ0v) is 8.57. The van der Waals surface area contributed by atoms with Crippen LogP contribution < -0.4 is 5.73 Å². The molecule has 0 radical (unpaired) electrons. The monoisotopic (exact) mass is 196 g/mol. The van der Waals surface area contributed by atoms with Gasteiger partial charge >= 0.3 is 0 Å². The lowest BCUT2D eigenvalue weighted by Gasteiger charge is -2.10. The lowest BCUT2D eigenvalue weighted by Crippen LogP contribution is -2.05. The Morgan fingerprint density at radius 2 is 1.80 bits per heavy atom. The quantitative estimate of drug-likeness (QED) is 0.762. The van der Waals surface area contributed by atoms with E-state index in [-0.39, 0.29) is 6.04 Å². The molecule has 0 spiro atoms. The molecule has 0 bridgehead atoms. The summed E-state index contributed by atoms with van der Waals surface area (Å²) < 4.78 is 0. The van der Waals surface area contributed by atoms with Gasteiger partial charge in [0.2, 0.25) is 0 Å². The Morgan fingerprint density at radius 3 is 2.40 bits per heavy atom. The van der Waals surface area contributed by atoms with Gasteiger partial charge in [-0.05, 0) is 29.3 Å². The summed E-state index contributed by atoms with van der Waals surface area (Å²) in [6, 6.07) is 13.8. The van der Waals surface area contributed by atoms with Crippen LogP contribution >= 0.6 is 0 Å². The minimum absolute atomic E-state index is 0.0114. The number of rotatable bonds is 1. The van der Waals surface area contributed by atoms with Crippen molar-refractivity contribution in [1.82, 2.24) is 0 Å². The fraction of sp³-hybridized carbons (Fsp3) is 0.154. The number of hydrogen-bond acceptors (Lipinski definition) is 2. The normalized spacial score (nSPS) is 12.3. The molecule has 2 aromatic carbocycles. The molecule has 0 aromatic heterocycles. The van der Waals surface area contributed by atoms with Crippen LogP contribution in [0.25, 0.3) is 10.8 Å². The Labute approximate surface area is 88.9 Å². The maximum atomic E-state index is 8.98. The third kappa shape index (κ3) is 1.58. The topological polar surface area (TPSA) is 49.8 Å². The highest BCUT2D eigenvalue weighted by molar-refractivity contribution is 5.90. The molecule has 0 heterocycles. The highest BCUT2D eigenvalue weighted by Crippen LogP contribution is 2.25. The predicted octanol–water partition coefficient (Wildman–Crippen LogP) is 2.73. The third-order valence-electron chi connectivity index (χ3n) is 2.57. The van der Waals surface area contributed by atoms with Crippen LogP contribution in [0, 0.1) is 11.3 Å². The summed E-state index contributed by atoms with van der Waals surface area (Å²) in [6.45, 7) is 1.95. The van der Waals surface area contributed by atoms with Crippen LogP contribution in [-0.4, -0.2) is 0 Å². The fourth-order valence-electron chi connectivity index (χ4n) is 1.82. The van der Waals surface area contributed by atoms with Crippen molar-refractivity contribution < 1.29 is 0 Å². The Morgan fingerprint density at radius 1 is 1.13 bits per heavy atom. The molecular weight excluding hydrogens is 184 g/mol. The van der Waals surface area contributed by atoms with Crippen molar-refractivity contribution in [2.45, 2.75) is 13.0 Å². The first kappa shape index (κ1) is 9.70. The second-order valence-corrected chi connectivity index (χ2v) is 3.65. The van der Waals surface area contributed by atoms with E-state index >= 15 is 0 Å². The molecule has 1 unspecified atom stereocenters. The summed E-state index contributed by atoms with van der Waals surface area (Å²) in [6.07, 6.45) is 0. The molecule has 0 saturated heterocycles. The van der Waals surface area contributed by atoms with Gasteiger partial charge in [0.05, 0.1) is 11.6 Å². The van der Waals surface area contributed by atoms with E-state index < -0.39 is 0 Å². The van der Waals surface area contributed by atoms with E-state index in [1.165, 1.54) is 0 Å². The first-order valence-electron chi connectivity index (χ1n) is 4.91. The first-order valence-corrected chi connectivity index (χ1v) is 4.91. The van der Waals surface area contributed by atoms with Gasteiger partial charge in [0.1, 0.15) is 0 Å². The van der Waals surface area contributed by atoms with Gasteiger partial charge in [-0.1, -0.05) is 30.3 Å². The molecule has 0 aliphatic heterocycles. The van der Waals surface area contributed by atoms with Gasteiger partial charge in [-0.15, -0.1) is 0 Å². The third-order valence-corrected chi connectivity index (χ3v) is 2.57. The summed E-state index contributed by atoms with van der Waals surface area (Å²) in [5.74, 6) is 0. The van der Waals surface area contributed by atoms with E-state index in [4.69, 9.17) is 11.0 Å². The number of fused-ring (bicyclic) bond motifs is 1. The number of benzene rings is 2. The Kier molecular flexibility index (Phi) is 2.40. The molecular formula is C13H12N2.